The Kier molecular flexibility index (Phi) is 4.97. The number of carbonyl (C=O) groups excluding carboxylic acids is 1. The number of benzene rings is 1. The number of rotatable bonds is 2. The van der Waals surface area contributed by atoms with Gasteiger partial charge in [0.2, 0.25) is 0 Å². The number of aliphatic hydroxyl groups excluding tert-OH is 1. The first-order chi connectivity index (χ1) is 10.2. The van der Waals surface area contributed by atoms with Crippen LogP contribution in [0.25, 0.3) is 0 Å². The summed E-state index contributed by atoms with van der Waals surface area (Å²) in [6.45, 7) is 5.90. The zero-order valence-electron chi connectivity index (χ0n) is 13.0. The molecule has 1 fully saturated rings. The lowest BCUT2D eigenvalue weighted by Crippen LogP contribution is -2.35. The summed E-state index contributed by atoms with van der Waals surface area (Å²) < 4.78 is 19.1. The van der Waals surface area contributed by atoms with Crippen LogP contribution in [0.1, 0.15) is 26.3 Å². The van der Waals surface area contributed by atoms with E-state index in [2.05, 4.69) is 0 Å². The topological polar surface area (TPSA) is 49.8 Å². The van der Waals surface area contributed by atoms with Gasteiger partial charge < -0.3 is 14.7 Å². The first kappa shape index (κ1) is 17.0. The first-order valence-electron chi connectivity index (χ1n) is 7.25. The fourth-order valence-corrected chi connectivity index (χ4v) is 2.71. The van der Waals surface area contributed by atoms with Crippen LogP contribution in [-0.2, 0) is 11.2 Å². The molecule has 0 aromatic heterocycles. The van der Waals surface area contributed by atoms with E-state index in [0.717, 1.165) is 0 Å². The van der Waals surface area contributed by atoms with Gasteiger partial charge in [-0.1, -0.05) is 11.6 Å². The molecule has 1 aliphatic rings. The minimum absolute atomic E-state index is 0.196. The van der Waals surface area contributed by atoms with Crippen molar-refractivity contribution in [1.82, 2.24) is 4.90 Å². The van der Waals surface area contributed by atoms with Crippen molar-refractivity contribution in [3.63, 3.8) is 0 Å². The van der Waals surface area contributed by atoms with Crippen LogP contribution in [0.15, 0.2) is 18.2 Å². The molecular weight excluding hydrogens is 309 g/mol. The summed E-state index contributed by atoms with van der Waals surface area (Å²) in [6, 6.07) is 4.35. The molecule has 22 heavy (non-hydrogen) atoms. The average Bonchev–Trinajstić information content (AvgIpc) is 2.74. The Labute approximate surface area is 134 Å². The molecular formula is C16H21ClFNO3. The Morgan fingerprint density at radius 3 is 2.77 bits per heavy atom. The second kappa shape index (κ2) is 6.42. The van der Waals surface area contributed by atoms with E-state index in [1.165, 1.54) is 17.0 Å². The van der Waals surface area contributed by atoms with Crippen molar-refractivity contribution in [3.8, 4) is 0 Å². The van der Waals surface area contributed by atoms with Gasteiger partial charge in [0.15, 0.2) is 0 Å². The molecule has 122 valence electrons. The van der Waals surface area contributed by atoms with E-state index in [1.807, 2.05) is 0 Å². The molecule has 0 radical (unpaired) electrons. The lowest BCUT2D eigenvalue weighted by Gasteiger charge is -2.24. The predicted octanol–water partition coefficient (Wildman–Crippen LogP) is 3.25. The summed E-state index contributed by atoms with van der Waals surface area (Å²) in [5.74, 6) is -0.590. The van der Waals surface area contributed by atoms with E-state index in [9.17, 15) is 14.3 Å². The van der Waals surface area contributed by atoms with Crippen molar-refractivity contribution in [2.45, 2.75) is 38.9 Å². The maximum Gasteiger partial charge on any atom is 0.410 e. The Balaban J connectivity index is 2.02. The number of hydrogen-bond donors (Lipinski definition) is 1. The summed E-state index contributed by atoms with van der Waals surface area (Å²) in [5, 5.41) is 10.6. The van der Waals surface area contributed by atoms with Gasteiger partial charge in [-0.2, -0.15) is 0 Å². The summed E-state index contributed by atoms with van der Waals surface area (Å²) in [6.07, 6.45) is -0.834. The zero-order valence-corrected chi connectivity index (χ0v) is 13.7. The number of ether oxygens (including phenoxy) is 1. The van der Waals surface area contributed by atoms with E-state index in [0.29, 0.717) is 23.6 Å². The number of amides is 1. The average molecular weight is 330 g/mol. The van der Waals surface area contributed by atoms with Crippen LogP contribution in [0, 0.1) is 11.7 Å². The van der Waals surface area contributed by atoms with E-state index < -0.39 is 17.8 Å². The van der Waals surface area contributed by atoms with Crippen molar-refractivity contribution in [3.05, 3.63) is 34.6 Å². The Hall–Kier alpha value is -1.33. The lowest BCUT2D eigenvalue weighted by atomic mass is 9.96. The standard InChI is InChI=1S/C16H21ClFNO3/c1-16(2,3)22-15(21)19-8-11(14(20)9-19)6-10-7-12(17)4-5-13(10)18/h4-5,7,11,14,20H,6,8-9H2,1-3H3/t11-,14-/m1/s1. The normalized spacial score (nSPS) is 22.0. The molecule has 1 aromatic rings. The van der Waals surface area contributed by atoms with Crippen molar-refractivity contribution >= 4 is 17.7 Å². The van der Waals surface area contributed by atoms with Gasteiger partial charge in [0.05, 0.1) is 12.6 Å². The Bertz CT molecular complexity index is 559. The van der Waals surface area contributed by atoms with Crippen LogP contribution in [0.2, 0.25) is 5.02 Å². The van der Waals surface area contributed by atoms with Gasteiger partial charge in [0.1, 0.15) is 11.4 Å². The first-order valence-corrected chi connectivity index (χ1v) is 7.63. The van der Waals surface area contributed by atoms with Gasteiger partial charge in [0, 0.05) is 17.5 Å². The van der Waals surface area contributed by atoms with Crippen molar-refractivity contribution < 1.29 is 19.0 Å². The highest BCUT2D eigenvalue weighted by molar-refractivity contribution is 6.30. The van der Waals surface area contributed by atoms with Crippen LogP contribution in [0.5, 0.6) is 0 Å². The molecule has 2 atom stereocenters. The van der Waals surface area contributed by atoms with Gasteiger partial charge in [0.25, 0.3) is 0 Å². The quantitative estimate of drug-likeness (QED) is 0.906. The van der Waals surface area contributed by atoms with Crippen LogP contribution < -0.4 is 0 Å². The predicted molar refractivity (Wildman–Crippen MR) is 82.4 cm³/mol. The third-order valence-electron chi connectivity index (χ3n) is 3.55. The minimum Gasteiger partial charge on any atom is -0.444 e. The summed E-state index contributed by atoms with van der Waals surface area (Å²) in [5.41, 5.74) is -0.137. The molecule has 0 saturated carbocycles. The van der Waals surface area contributed by atoms with Crippen molar-refractivity contribution in [1.29, 1.82) is 0 Å². The Morgan fingerprint density at radius 1 is 1.45 bits per heavy atom. The lowest BCUT2D eigenvalue weighted by molar-refractivity contribution is 0.0269. The highest BCUT2D eigenvalue weighted by Crippen LogP contribution is 2.25. The fraction of sp³-hybridized carbons (Fsp3) is 0.562. The number of likely N-dealkylation sites (tertiary alicyclic amines) is 1. The van der Waals surface area contributed by atoms with Crippen LogP contribution in [0.3, 0.4) is 0 Å². The molecule has 0 aliphatic carbocycles. The molecule has 1 saturated heterocycles. The summed E-state index contributed by atoms with van der Waals surface area (Å²) >= 11 is 5.88. The largest absolute Gasteiger partial charge is 0.444 e. The molecule has 1 heterocycles. The maximum atomic E-state index is 13.8. The van der Waals surface area contributed by atoms with Crippen molar-refractivity contribution in [2.75, 3.05) is 13.1 Å². The van der Waals surface area contributed by atoms with Gasteiger partial charge in [-0.15, -0.1) is 0 Å². The van der Waals surface area contributed by atoms with Gasteiger partial charge in [-0.3, -0.25) is 0 Å². The maximum absolute atomic E-state index is 13.8. The highest BCUT2D eigenvalue weighted by Gasteiger charge is 2.36. The number of β-amino-alcohol motifs (C(OH)–C–C–N with tert-alkyl or cyclic N) is 1. The molecule has 0 unspecified atom stereocenters. The second-order valence-corrected chi connectivity index (χ2v) is 7.09. The van der Waals surface area contributed by atoms with Crippen LogP contribution >= 0.6 is 11.6 Å². The zero-order chi connectivity index (χ0) is 16.5. The van der Waals surface area contributed by atoms with Gasteiger partial charge in [-0.25, -0.2) is 9.18 Å². The molecule has 0 spiro atoms. The number of nitrogens with zero attached hydrogens (tertiary/aromatic N) is 1. The molecule has 1 aromatic carbocycles. The fourth-order valence-electron chi connectivity index (χ4n) is 2.51. The van der Waals surface area contributed by atoms with Crippen LogP contribution in [-0.4, -0.2) is 40.9 Å². The molecule has 0 bridgehead atoms. The number of hydrogen-bond acceptors (Lipinski definition) is 3. The SMILES string of the molecule is CC(C)(C)OC(=O)N1C[C@@H](Cc2cc(Cl)ccc2F)[C@H](O)C1. The van der Waals surface area contributed by atoms with Gasteiger partial charge in [-0.05, 0) is 51.0 Å². The van der Waals surface area contributed by atoms with Gasteiger partial charge >= 0.3 is 6.09 Å². The third kappa shape index (κ3) is 4.34. The molecule has 2 rings (SSSR count). The minimum atomic E-state index is -0.703. The van der Waals surface area contributed by atoms with E-state index >= 15 is 0 Å². The molecule has 4 nitrogen and oxygen atoms in total. The molecule has 1 amide bonds. The monoisotopic (exact) mass is 329 g/mol. The summed E-state index contributed by atoms with van der Waals surface area (Å²) in [4.78, 5) is 13.5. The Morgan fingerprint density at radius 2 is 2.14 bits per heavy atom. The van der Waals surface area contributed by atoms with E-state index in [4.69, 9.17) is 16.3 Å². The van der Waals surface area contributed by atoms with E-state index in [1.54, 1.807) is 26.8 Å². The molecule has 1 N–H and O–H groups in total. The molecule has 6 heteroatoms. The van der Waals surface area contributed by atoms with E-state index in [-0.39, 0.29) is 18.3 Å². The molecule has 1 aliphatic heterocycles. The second-order valence-electron chi connectivity index (χ2n) is 6.65. The number of halogens is 2. The highest BCUT2D eigenvalue weighted by atomic mass is 35.5. The van der Waals surface area contributed by atoms with Crippen LogP contribution in [0.4, 0.5) is 9.18 Å². The summed E-state index contributed by atoms with van der Waals surface area (Å²) in [7, 11) is 0. The number of aliphatic hydroxyl groups is 1. The third-order valence-corrected chi connectivity index (χ3v) is 3.78. The van der Waals surface area contributed by atoms with Crippen molar-refractivity contribution in [2.24, 2.45) is 5.92 Å². The number of carbonyl (C=O) groups is 1. The smallest absolute Gasteiger partial charge is 0.410 e.